The van der Waals surface area contributed by atoms with Crippen LogP contribution < -0.4 is 11.5 Å². The van der Waals surface area contributed by atoms with E-state index in [9.17, 15) is 0 Å². The summed E-state index contributed by atoms with van der Waals surface area (Å²) in [5.74, 6) is 0.0314. The number of hydrogen-bond donors (Lipinski definition) is 2. The molecule has 4 N–H and O–H groups in total. The van der Waals surface area contributed by atoms with E-state index in [2.05, 4.69) is 9.98 Å². The van der Waals surface area contributed by atoms with Gasteiger partial charge in [-0.15, -0.1) is 23.7 Å². The Kier molecular flexibility index (Phi) is 4.28. The van der Waals surface area contributed by atoms with Crippen molar-refractivity contribution in [1.82, 2.24) is 4.98 Å². The zero-order valence-corrected chi connectivity index (χ0v) is 9.96. The Balaban J connectivity index is 0.00000128. The normalized spacial score (nSPS) is 9.25. The second kappa shape index (κ2) is 5.48. The molecule has 1 aromatic carbocycles. The quantitative estimate of drug-likeness (QED) is 0.637. The zero-order chi connectivity index (χ0) is 10.7. The van der Waals surface area contributed by atoms with Crippen molar-refractivity contribution in [3.63, 3.8) is 0 Å². The van der Waals surface area contributed by atoms with Crippen LogP contribution in [0.25, 0.3) is 11.3 Å². The van der Waals surface area contributed by atoms with Gasteiger partial charge in [0.1, 0.15) is 0 Å². The highest BCUT2D eigenvalue weighted by atomic mass is 35.5. The summed E-state index contributed by atoms with van der Waals surface area (Å²) in [6.07, 6.45) is 0. The maximum Gasteiger partial charge on any atom is 0.212 e. The highest BCUT2D eigenvalue weighted by molar-refractivity contribution is 7.13. The number of rotatable bonds is 2. The van der Waals surface area contributed by atoms with Crippen molar-refractivity contribution in [1.29, 1.82) is 0 Å². The molecule has 0 unspecified atom stereocenters. The molecule has 0 atom stereocenters. The summed E-state index contributed by atoms with van der Waals surface area (Å²) in [4.78, 5) is 8.18. The number of aliphatic imine (C=N–C) groups is 1. The van der Waals surface area contributed by atoms with Gasteiger partial charge in [-0.25, -0.2) is 4.98 Å². The average Bonchev–Trinajstić information content (AvgIpc) is 2.67. The zero-order valence-electron chi connectivity index (χ0n) is 8.33. The molecule has 0 aliphatic rings. The van der Waals surface area contributed by atoms with E-state index in [1.807, 2.05) is 35.7 Å². The average molecular weight is 255 g/mol. The largest absolute Gasteiger partial charge is 0.370 e. The predicted octanol–water partition coefficient (Wildman–Crippen LogP) is 2.14. The summed E-state index contributed by atoms with van der Waals surface area (Å²) >= 11 is 1.41. The first kappa shape index (κ1) is 12.5. The Morgan fingerprint density at radius 1 is 1.19 bits per heavy atom. The molecule has 0 bridgehead atoms. The highest BCUT2D eigenvalue weighted by Crippen LogP contribution is 2.26. The van der Waals surface area contributed by atoms with E-state index in [0.717, 1.165) is 11.3 Å². The van der Waals surface area contributed by atoms with Crippen molar-refractivity contribution < 1.29 is 0 Å². The topological polar surface area (TPSA) is 77.3 Å². The molecule has 2 rings (SSSR count). The molecule has 6 heteroatoms. The van der Waals surface area contributed by atoms with Crippen LogP contribution in [0.2, 0.25) is 0 Å². The number of benzene rings is 1. The summed E-state index contributed by atoms with van der Waals surface area (Å²) in [7, 11) is 0. The molecule has 0 aliphatic carbocycles. The van der Waals surface area contributed by atoms with E-state index >= 15 is 0 Å². The summed E-state index contributed by atoms with van der Waals surface area (Å²) in [6.45, 7) is 0. The van der Waals surface area contributed by atoms with Crippen LogP contribution in [0.4, 0.5) is 5.13 Å². The number of hydrogen-bond acceptors (Lipinski definition) is 3. The third-order valence-electron chi connectivity index (χ3n) is 1.79. The first-order chi connectivity index (χ1) is 7.25. The monoisotopic (exact) mass is 254 g/mol. The maximum atomic E-state index is 5.27. The van der Waals surface area contributed by atoms with Crippen molar-refractivity contribution >= 4 is 34.8 Å². The smallest absolute Gasteiger partial charge is 0.212 e. The molecule has 0 fully saturated rings. The molecular formula is C10H11ClN4S. The second-order valence-electron chi connectivity index (χ2n) is 2.92. The van der Waals surface area contributed by atoms with Gasteiger partial charge < -0.3 is 11.5 Å². The van der Waals surface area contributed by atoms with Crippen LogP contribution in [0.3, 0.4) is 0 Å². The molecule has 2 aromatic rings. The van der Waals surface area contributed by atoms with E-state index in [0.29, 0.717) is 5.13 Å². The summed E-state index contributed by atoms with van der Waals surface area (Å²) in [5.41, 5.74) is 12.5. The highest BCUT2D eigenvalue weighted by Gasteiger charge is 2.02. The Labute approximate surface area is 103 Å². The first-order valence-electron chi connectivity index (χ1n) is 4.36. The molecule has 16 heavy (non-hydrogen) atoms. The Morgan fingerprint density at radius 2 is 1.88 bits per heavy atom. The molecule has 1 aromatic heterocycles. The second-order valence-corrected chi connectivity index (χ2v) is 3.75. The van der Waals surface area contributed by atoms with E-state index < -0.39 is 0 Å². The molecule has 0 spiro atoms. The number of nitrogens with zero attached hydrogens (tertiary/aromatic N) is 2. The molecular weight excluding hydrogens is 244 g/mol. The van der Waals surface area contributed by atoms with Crippen LogP contribution in [0.5, 0.6) is 0 Å². The van der Waals surface area contributed by atoms with Gasteiger partial charge in [-0.05, 0) is 0 Å². The predicted molar refractivity (Wildman–Crippen MR) is 70.3 cm³/mol. The van der Waals surface area contributed by atoms with Crippen LogP contribution >= 0.6 is 23.7 Å². The van der Waals surface area contributed by atoms with Crippen LogP contribution in [-0.4, -0.2) is 10.9 Å². The number of guanidine groups is 1. The fourth-order valence-electron chi connectivity index (χ4n) is 1.17. The summed E-state index contributed by atoms with van der Waals surface area (Å²) in [6, 6.07) is 9.89. The van der Waals surface area contributed by atoms with Gasteiger partial charge in [0.25, 0.3) is 0 Å². The summed E-state index contributed by atoms with van der Waals surface area (Å²) < 4.78 is 0. The van der Waals surface area contributed by atoms with Gasteiger partial charge in [-0.2, -0.15) is 4.99 Å². The first-order valence-corrected chi connectivity index (χ1v) is 5.24. The lowest BCUT2D eigenvalue weighted by Gasteiger charge is -1.93. The minimum atomic E-state index is 0. The summed E-state index contributed by atoms with van der Waals surface area (Å²) in [5, 5.41) is 2.51. The molecule has 0 amide bonds. The molecule has 84 valence electrons. The Hall–Kier alpha value is -1.59. The van der Waals surface area contributed by atoms with Crippen molar-refractivity contribution in [3.8, 4) is 11.3 Å². The third-order valence-corrected chi connectivity index (χ3v) is 2.52. The van der Waals surface area contributed by atoms with E-state index in [1.165, 1.54) is 11.3 Å². The molecule has 4 nitrogen and oxygen atoms in total. The van der Waals surface area contributed by atoms with E-state index in [1.54, 1.807) is 0 Å². The number of thiazole rings is 1. The van der Waals surface area contributed by atoms with Crippen LogP contribution in [0, 0.1) is 0 Å². The van der Waals surface area contributed by atoms with Crippen molar-refractivity contribution in [2.75, 3.05) is 0 Å². The van der Waals surface area contributed by atoms with E-state index in [4.69, 9.17) is 11.5 Å². The maximum absolute atomic E-state index is 5.27. The third kappa shape index (κ3) is 2.95. The fraction of sp³-hybridized carbons (Fsp3) is 0. The Morgan fingerprint density at radius 3 is 2.50 bits per heavy atom. The number of aromatic nitrogens is 1. The van der Waals surface area contributed by atoms with Gasteiger partial charge in [-0.1, -0.05) is 30.3 Å². The number of halogens is 1. The van der Waals surface area contributed by atoms with Gasteiger partial charge >= 0.3 is 0 Å². The molecule has 0 saturated heterocycles. The fourth-order valence-corrected chi connectivity index (χ4v) is 1.88. The SMILES string of the molecule is Cl.NC(N)=Nc1nc(-c2ccccc2)cs1. The lowest BCUT2D eigenvalue weighted by atomic mass is 10.2. The minimum Gasteiger partial charge on any atom is -0.370 e. The molecule has 0 radical (unpaired) electrons. The Bertz CT molecular complexity index is 477. The lowest BCUT2D eigenvalue weighted by Crippen LogP contribution is -2.21. The lowest BCUT2D eigenvalue weighted by molar-refractivity contribution is 1.33. The van der Waals surface area contributed by atoms with Crippen LogP contribution in [-0.2, 0) is 0 Å². The van der Waals surface area contributed by atoms with Crippen molar-refractivity contribution in [2.45, 2.75) is 0 Å². The molecule has 0 aliphatic heterocycles. The standard InChI is InChI=1S/C10H10N4S.ClH/c11-9(12)14-10-13-8(6-15-10)7-4-2-1-3-5-7;/h1-6H,(H4,11,12,13,14);1H. The van der Waals surface area contributed by atoms with Gasteiger partial charge in [0.2, 0.25) is 5.13 Å². The molecule has 1 heterocycles. The van der Waals surface area contributed by atoms with Gasteiger partial charge in [-0.3, -0.25) is 0 Å². The van der Waals surface area contributed by atoms with Gasteiger partial charge in [0, 0.05) is 10.9 Å². The minimum absolute atomic E-state index is 0. The van der Waals surface area contributed by atoms with Crippen LogP contribution in [0.1, 0.15) is 0 Å². The van der Waals surface area contributed by atoms with E-state index in [-0.39, 0.29) is 18.4 Å². The van der Waals surface area contributed by atoms with Gasteiger partial charge in [0.15, 0.2) is 5.96 Å². The van der Waals surface area contributed by atoms with Gasteiger partial charge in [0.05, 0.1) is 5.69 Å². The number of nitrogens with two attached hydrogens (primary N) is 2. The van der Waals surface area contributed by atoms with Crippen LogP contribution in [0.15, 0.2) is 40.7 Å². The molecule has 0 saturated carbocycles. The van der Waals surface area contributed by atoms with Crippen molar-refractivity contribution in [3.05, 3.63) is 35.7 Å². The van der Waals surface area contributed by atoms with Crippen molar-refractivity contribution in [2.24, 2.45) is 16.5 Å².